The Morgan fingerprint density at radius 2 is 1.36 bits per heavy atom. The van der Waals surface area contributed by atoms with E-state index >= 15 is 0 Å². The molecule has 2 atom stereocenters. The van der Waals surface area contributed by atoms with Crippen LogP contribution in [0.1, 0.15) is 34.2 Å². The molecule has 2 fully saturated rings. The molecule has 5 rings (SSSR count). The molecule has 254 valence electrons. The number of rotatable bonds is 7. The van der Waals surface area contributed by atoms with Gasteiger partial charge in [-0.3, -0.25) is 9.69 Å². The number of nitrogens with zero attached hydrogens (tertiary/aromatic N) is 3. The van der Waals surface area contributed by atoms with Crippen molar-refractivity contribution >= 4 is 11.6 Å². The summed E-state index contributed by atoms with van der Waals surface area (Å²) in [5.41, 5.74) is -3.57. The van der Waals surface area contributed by atoms with Crippen molar-refractivity contribution in [1.29, 1.82) is 0 Å². The average Bonchev–Trinajstić information content (AvgIpc) is 3.45. The van der Waals surface area contributed by atoms with E-state index in [1.165, 1.54) is 6.07 Å². The van der Waals surface area contributed by atoms with Gasteiger partial charge in [0.25, 0.3) is 0 Å². The van der Waals surface area contributed by atoms with Crippen LogP contribution in [0, 0.1) is 0 Å². The second-order valence-corrected chi connectivity index (χ2v) is 12.1. The van der Waals surface area contributed by atoms with E-state index in [1.54, 1.807) is 27.8 Å². The van der Waals surface area contributed by atoms with Crippen LogP contribution < -0.4 is 10.2 Å². The Balaban J connectivity index is 1.33. The SMILES string of the molecule is CN(Cc1cc(C(F)(F)F)cc(C(F)(F)F)c1)[C@@H]1CN[C@](Cc2ccccc2)(C(=O)N2CCN(c3cccc(C(F)(F)F)c3)CC2)C1. The van der Waals surface area contributed by atoms with Gasteiger partial charge >= 0.3 is 18.5 Å². The number of hydrogen-bond donors (Lipinski definition) is 1. The van der Waals surface area contributed by atoms with Crippen molar-refractivity contribution in [2.45, 2.75) is 49.5 Å². The van der Waals surface area contributed by atoms with Gasteiger partial charge in [-0.25, -0.2) is 0 Å². The zero-order chi connectivity index (χ0) is 34.2. The standard InChI is InChI=1S/C33H33F9N4O/c1-44(21-23-14-25(32(37,38)39)16-26(15-23)33(40,41)42)28-19-30(43-20-28,18-22-6-3-2-4-7-22)29(47)46-12-10-45(11-13-46)27-9-5-8-24(17-27)31(34,35)36/h2-9,14-17,28,43H,10-13,18-21H2,1H3/t28-,30-/m0/s1. The van der Waals surface area contributed by atoms with Gasteiger partial charge in [0.2, 0.25) is 5.91 Å². The fourth-order valence-corrected chi connectivity index (χ4v) is 6.37. The van der Waals surface area contributed by atoms with E-state index in [4.69, 9.17) is 0 Å². The normalized spacial score (nSPS) is 21.0. The van der Waals surface area contributed by atoms with Crippen LogP contribution >= 0.6 is 0 Å². The summed E-state index contributed by atoms with van der Waals surface area (Å²) < 4.78 is 121. The van der Waals surface area contributed by atoms with Crippen molar-refractivity contribution in [2.24, 2.45) is 0 Å². The zero-order valence-electron chi connectivity index (χ0n) is 25.3. The molecule has 0 aromatic heterocycles. The van der Waals surface area contributed by atoms with Crippen molar-refractivity contribution in [1.82, 2.24) is 15.1 Å². The minimum absolute atomic E-state index is 0.0942. The first-order chi connectivity index (χ1) is 21.9. The van der Waals surface area contributed by atoms with E-state index < -0.39 is 46.8 Å². The third kappa shape index (κ3) is 8.03. The molecule has 3 aromatic rings. The number of nitrogens with one attached hydrogen (secondary N) is 1. The largest absolute Gasteiger partial charge is 0.416 e. The third-order valence-electron chi connectivity index (χ3n) is 8.83. The number of amides is 1. The van der Waals surface area contributed by atoms with E-state index in [1.807, 2.05) is 30.3 Å². The van der Waals surface area contributed by atoms with Crippen LogP contribution in [0.3, 0.4) is 0 Å². The highest BCUT2D eigenvalue weighted by molar-refractivity contribution is 5.87. The van der Waals surface area contributed by atoms with Crippen LogP contribution in [-0.2, 0) is 36.3 Å². The Hall–Kier alpha value is -3.78. The van der Waals surface area contributed by atoms with E-state index in [2.05, 4.69) is 5.32 Å². The number of alkyl halides is 9. The van der Waals surface area contributed by atoms with Crippen molar-refractivity contribution in [3.05, 3.63) is 101 Å². The number of carbonyl (C=O) groups is 1. The number of hydrogen-bond acceptors (Lipinski definition) is 4. The monoisotopic (exact) mass is 672 g/mol. The minimum atomic E-state index is -4.97. The average molecular weight is 673 g/mol. The third-order valence-corrected chi connectivity index (χ3v) is 8.83. The number of anilines is 1. The maximum Gasteiger partial charge on any atom is 0.416 e. The summed E-state index contributed by atoms with van der Waals surface area (Å²) in [6.45, 7) is 1.13. The lowest BCUT2D eigenvalue weighted by molar-refractivity contribution is -0.143. The highest BCUT2D eigenvalue weighted by Gasteiger charge is 2.48. The Morgan fingerprint density at radius 1 is 0.766 bits per heavy atom. The summed E-state index contributed by atoms with van der Waals surface area (Å²) in [6, 6.07) is 15.3. The van der Waals surface area contributed by atoms with Crippen LogP contribution in [-0.4, -0.2) is 67.1 Å². The highest BCUT2D eigenvalue weighted by Crippen LogP contribution is 2.38. The molecule has 2 saturated heterocycles. The lowest BCUT2D eigenvalue weighted by Crippen LogP contribution is -2.60. The first-order valence-corrected chi connectivity index (χ1v) is 14.9. The predicted octanol–water partition coefficient (Wildman–Crippen LogP) is 6.87. The van der Waals surface area contributed by atoms with E-state index in [0.717, 1.165) is 17.7 Å². The van der Waals surface area contributed by atoms with Crippen LogP contribution in [0.4, 0.5) is 45.2 Å². The Labute approximate surface area is 265 Å². The van der Waals surface area contributed by atoms with Gasteiger partial charge in [-0.2, -0.15) is 39.5 Å². The van der Waals surface area contributed by atoms with Crippen LogP contribution in [0.5, 0.6) is 0 Å². The van der Waals surface area contributed by atoms with Gasteiger partial charge in [-0.15, -0.1) is 0 Å². The molecule has 0 spiro atoms. The summed E-state index contributed by atoms with van der Waals surface area (Å²) in [7, 11) is 1.59. The van der Waals surface area contributed by atoms with Gasteiger partial charge in [-0.1, -0.05) is 36.4 Å². The molecule has 3 aromatic carbocycles. The molecule has 2 heterocycles. The molecule has 14 heteroatoms. The number of halogens is 9. The van der Waals surface area contributed by atoms with Gasteiger partial charge in [0.1, 0.15) is 5.54 Å². The number of benzene rings is 3. The fourth-order valence-electron chi connectivity index (χ4n) is 6.37. The number of carbonyl (C=O) groups excluding carboxylic acids is 1. The smallest absolute Gasteiger partial charge is 0.368 e. The van der Waals surface area contributed by atoms with Gasteiger partial charge in [0, 0.05) is 51.0 Å². The second-order valence-electron chi connectivity index (χ2n) is 12.1. The predicted molar refractivity (Wildman–Crippen MR) is 157 cm³/mol. The molecule has 0 radical (unpaired) electrons. The van der Waals surface area contributed by atoms with E-state index in [9.17, 15) is 44.3 Å². The van der Waals surface area contributed by atoms with Crippen molar-refractivity contribution < 1.29 is 44.3 Å². The Kier molecular flexibility index (Phi) is 9.57. The summed E-state index contributed by atoms with van der Waals surface area (Å²) >= 11 is 0. The molecule has 1 amide bonds. The molecule has 47 heavy (non-hydrogen) atoms. The first kappa shape index (κ1) is 34.6. The highest BCUT2D eigenvalue weighted by atomic mass is 19.4. The summed E-state index contributed by atoms with van der Waals surface area (Å²) in [6.07, 6.45) is -13.9. The summed E-state index contributed by atoms with van der Waals surface area (Å²) in [5.74, 6) is -0.223. The van der Waals surface area contributed by atoms with E-state index in [-0.39, 0.29) is 56.6 Å². The molecule has 0 bridgehead atoms. The molecule has 0 aliphatic carbocycles. The summed E-state index contributed by atoms with van der Waals surface area (Å²) in [5, 5.41) is 3.34. The van der Waals surface area contributed by atoms with Gasteiger partial charge in [0.15, 0.2) is 0 Å². The molecular weight excluding hydrogens is 639 g/mol. The molecule has 1 N–H and O–H groups in total. The topological polar surface area (TPSA) is 38.8 Å². The van der Waals surface area contributed by atoms with Crippen molar-refractivity contribution in [2.75, 3.05) is 44.7 Å². The van der Waals surface area contributed by atoms with E-state index in [0.29, 0.717) is 30.9 Å². The van der Waals surface area contributed by atoms with Crippen molar-refractivity contribution in [3.63, 3.8) is 0 Å². The molecular formula is C33H33F9N4O. The van der Waals surface area contributed by atoms with Gasteiger partial charge in [0.05, 0.1) is 16.7 Å². The molecule has 0 unspecified atom stereocenters. The maximum absolute atomic E-state index is 14.2. The van der Waals surface area contributed by atoms with Crippen LogP contribution in [0.15, 0.2) is 72.8 Å². The quantitative estimate of drug-likeness (QED) is 0.279. The number of piperazine rings is 1. The second kappa shape index (κ2) is 13.0. The lowest BCUT2D eigenvalue weighted by Gasteiger charge is -2.41. The molecule has 5 nitrogen and oxygen atoms in total. The lowest BCUT2D eigenvalue weighted by atomic mass is 9.86. The number of likely N-dealkylation sites (N-methyl/N-ethyl adjacent to an activating group) is 1. The maximum atomic E-state index is 14.2. The molecule has 0 saturated carbocycles. The van der Waals surface area contributed by atoms with Gasteiger partial charge < -0.3 is 15.1 Å². The molecule has 2 aliphatic rings. The summed E-state index contributed by atoms with van der Waals surface area (Å²) in [4.78, 5) is 19.3. The van der Waals surface area contributed by atoms with Crippen LogP contribution in [0.25, 0.3) is 0 Å². The first-order valence-electron chi connectivity index (χ1n) is 14.9. The zero-order valence-corrected chi connectivity index (χ0v) is 25.3. The van der Waals surface area contributed by atoms with Crippen LogP contribution in [0.2, 0.25) is 0 Å². The Morgan fingerprint density at radius 3 is 1.94 bits per heavy atom. The van der Waals surface area contributed by atoms with Gasteiger partial charge in [-0.05, 0) is 67.4 Å². The Bertz CT molecular complexity index is 1520. The fraction of sp³-hybridized carbons (Fsp3) is 0.424. The van der Waals surface area contributed by atoms with Crippen molar-refractivity contribution in [3.8, 4) is 0 Å². The minimum Gasteiger partial charge on any atom is -0.368 e. The molecule has 2 aliphatic heterocycles.